The number of aromatic nitrogens is 3. The van der Waals surface area contributed by atoms with Crippen molar-refractivity contribution in [2.45, 2.75) is 141 Å². The average Bonchev–Trinajstić information content (AvgIpc) is 3.63. The van der Waals surface area contributed by atoms with Gasteiger partial charge in [-0.25, -0.2) is 4.98 Å². The number of carbonyl (C=O) groups is 1. The molecule has 9 heteroatoms. The molecule has 1 fully saturated rings. The van der Waals surface area contributed by atoms with Crippen LogP contribution in [0.5, 0.6) is 0 Å². The van der Waals surface area contributed by atoms with Crippen LogP contribution < -0.4 is 5.32 Å². The molecule has 1 unspecified atom stereocenters. The van der Waals surface area contributed by atoms with E-state index >= 15 is 0 Å². The molecule has 1 aromatic heterocycles. The highest BCUT2D eigenvalue weighted by Gasteiger charge is 2.38. The minimum atomic E-state index is -0.534. The van der Waals surface area contributed by atoms with Crippen LogP contribution in [0.3, 0.4) is 0 Å². The van der Waals surface area contributed by atoms with Gasteiger partial charge >= 0.3 is 0 Å². The van der Waals surface area contributed by atoms with Crippen LogP contribution in [0.2, 0.25) is 0 Å². The van der Waals surface area contributed by atoms with Crippen LogP contribution in [0.25, 0.3) is 0 Å². The second kappa shape index (κ2) is 21.3. The first-order valence-electron chi connectivity index (χ1n) is 17.9. The molecule has 3 aromatic rings. The van der Waals surface area contributed by atoms with Gasteiger partial charge in [-0.1, -0.05) is 151 Å². The number of ether oxygens (including phenoxy) is 2. The van der Waals surface area contributed by atoms with Crippen LogP contribution in [0.15, 0.2) is 60.0 Å². The molecule has 1 aliphatic rings. The number of carbonyl (C=O) groups excluding carboxylic acids is 1. The van der Waals surface area contributed by atoms with E-state index < -0.39 is 6.29 Å². The van der Waals surface area contributed by atoms with Gasteiger partial charge in [0.25, 0.3) is 0 Å². The van der Waals surface area contributed by atoms with Crippen LogP contribution in [0, 0.1) is 5.92 Å². The Morgan fingerprint density at radius 2 is 1.43 bits per heavy atom. The second-order valence-corrected chi connectivity index (χ2v) is 13.9. The number of nitrogens with one attached hydrogen (secondary N) is 2. The summed E-state index contributed by atoms with van der Waals surface area (Å²) in [6, 6.07) is 16.1. The topological polar surface area (TPSA) is 109 Å². The van der Waals surface area contributed by atoms with E-state index in [0.29, 0.717) is 18.7 Å². The normalized spacial score (nSPS) is 19.6. The molecule has 2 heterocycles. The lowest BCUT2D eigenvalue weighted by atomic mass is 9.91. The standard InChI is InChI=1S/C38H56N4O4S/c1-3-4-5-6-7-8-9-10-11-12-13-14-15-16-35(44)39-25-30-17-23-33(24-18-30)37-45-34(27-47-38-40-28-41-42-38)29(2)36(46-37)32-21-19-31(26-43)20-22-32/h17-24,28-29,34,36-37,43H,3-16,25-27H2,1-2H3,(H,39,44)(H,40,41,42)/t29-,34+,36+,37?/m0/s1. The fourth-order valence-corrected chi connectivity index (χ4v) is 7.06. The van der Waals surface area contributed by atoms with E-state index in [2.05, 4.69) is 34.3 Å². The maximum absolute atomic E-state index is 12.5. The third-order valence-electron chi connectivity index (χ3n) is 9.15. The summed E-state index contributed by atoms with van der Waals surface area (Å²) in [7, 11) is 0. The van der Waals surface area contributed by atoms with Gasteiger partial charge in [-0.3, -0.25) is 9.89 Å². The van der Waals surface area contributed by atoms with Crippen LogP contribution in [-0.4, -0.2) is 38.1 Å². The van der Waals surface area contributed by atoms with Gasteiger partial charge in [0, 0.05) is 30.2 Å². The number of unbranched alkanes of at least 4 members (excludes halogenated alkanes) is 12. The number of benzene rings is 2. The number of aromatic amines is 1. The van der Waals surface area contributed by atoms with Gasteiger partial charge in [0.2, 0.25) is 5.91 Å². The van der Waals surface area contributed by atoms with Gasteiger partial charge in [0.1, 0.15) is 6.33 Å². The number of nitrogens with zero attached hydrogens (tertiary/aromatic N) is 2. The van der Waals surface area contributed by atoms with E-state index in [1.807, 2.05) is 48.5 Å². The minimum absolute atomic E-state index is 0.00971. The zero-order valence-corrected chi connectivity index (χ0v) is 29.3. The van der Waals surface area contributed by atoms with Crippen molar-refractivity contribution in [1.82, 2.24) is 20.5 Å². The lowest BCUT2D eigenvalue weighted by molar-refractivity contribution is -0.268. The van der Waals surface area contributed by atoms with Crippen molar-refractivity contribution in [2.24, 2.45) is 5.92 Å². The van der Waals surface area contributed by atoms with Crippen LogP contribution in [0.1, 0.15) is 138 Å². The number of aliphatic hydroxyl groups excluding tert-OH is 1. The molecule has 258 valence electrons. The Hall–Kier alpha value is -2.72. The van der Waals surface area contributed by atoms with Crippen molar-refractivity contribution in [1.29, 1.82) is 0 Å². The van der Waals surface area contributed by atoms with Gasteiger partial charge < -0.3 is 19.9 Å². The number of hydrogen-bond acceptors (Lipinski definition) is 7. The maximum Gasteiger partial charge on any atom is 0.220 e. The van der Waals surface area contributed by atoms with Crippen LogP contribution >= 0.6 is 11.8 Å². The molecule has 47 heavy (non-hydrogen) atoms. The summed E-state index contributed by atoms with van der Waals surface area (Å²) in [5, 5.41) is 20.2. The first kappa shape index (κ1) is 37.1. The molecule has 4 atom stereocenters. The van der Waals surface area contributed by atoms with E-state index in [9.17, 15) is 9.90 Å². The smallest absolute Gasteiger partial charge is 0.220 e. The average molecular weight is 665 g/mol. The molecule has 1 aliphatic heterocycles. The van der Waals surface area contributed by atoms with Crippen molar-refractivity contribution in [2.75, 3.05) is 5.75 Å². The fraction of sp³-hybridized carbons (Fsp3) is 0.605. The first-order valence-corrected chi connectivity index (χ1v) is 18.9. The molecule has 0 spiro atoms. The second-order valence-electron chi connectivity index (χ2n) is 12.9. The van der Waals surface area contributed by atoms with Gasteiger partial charge in [0.15, 0.2) is 11.4 Å². The number of amides is 1. The molecule has 0 bridgehead atoms. The van der Waals surface area contributed by atoms with Crippen molar-refractivity contribution >= 4 is 17.7 Å². The molecular formula is C38H56N4O4S. The molecule has 0 radical (unpaired) electrons. The molecule has 0 saturated carbocycles. The number of thioether (sulfide) groups is 1. The Kier molecular flexibility index (Phi) is 16.8. The monoisotopic (exact) mass is 664 g/mol. The third-order valence-corrected chi connectivity index (χ3v) is 10.1. The van der Waals surface area contributed by atoms with E-state index in [4.69, 9.17) is 9.47 Å². The lowest BCUT2D eigenvalue weighted by Gasteiger charge is -2.41. The highest BCUT2D eigenvalue weighted by atomic mass is 32.2. The van der Waals surface area contributed by atoms with Gasteiger partial charge in [0.05, 0.1) is 18.8 Å². The van der Waals surface area contributed by atoms with E-state index in [1.54, 1.807) is 11.8 Å². The Labute approximate surface area is 286 Å². The number of aliphatic hydroxyl groups is 1. The Morgan fingerprint density at radius 3 is 2.02 bits per heavy atom. The molecule has 4 rings (SSSR count). The summed E-state index contributed by atoms with van der Waals surface area (Å²) in [6.07, 6.45) is 18.3. The maximum atomic E-state index is 12.5. The van der Waals surface area contributed by atoms with Crippen LogP contribution in [0.4, 0.5) is 0 Å². The zero-order chi connectivity index (χ0) is 33.1. The number of rotatable bonds is 22. The Bertz CT molecular complexity index is 1260. The van der Waals surface area contributed by atoms with E-state index in [1.165, 1.54) is 77.0 Å². The summed E-state index contributed by atoms with van der Waals surface area (Å²) in [5.74, 6) is 0.906. The summed E-state index contributed by atoms with van der Waals surface area (Å²) in [6.45, 7) is 4.94. The van der Waals surface area contributed by atoms with Crippen molar-refractivity contribution in [3.8, 4) is 0 Å². The number of H-pyrrole nitrogens is 1. The van der Waals surface area contributed by atoms with Crippen molar-refractivity contribution < 1.29 is 19.4 Å². The molecule has 8 nitrogen and oxygen atoms in total. The largest absolute Gasteiger partial charge is 0.392 e. The molecular weight excluding hydrogens is 609 g/mol. The first-order chi connectivity index (χ1) is 23.1. The van der Waals surface area contributed by atoms with Gasteiger partial charge in [-0.05, 0) is 23.1 Å². The lowest BCUT2D eigenvalue weighted by Crippen LogP contribution is -2.38. The van der Waals surface area contributed by atoms with E-state index in [-0.39, 0.29) is 30.6 Å². The SMILES string of the molecule is CCCCCCCCCCCCCCCC(=O)NCc1ccc(C2O[C@H](CSc3ncn[nH]3)[C@H](C)[C@H](c3ccc(CO)cc3)O2)cc1. The number of hydrogen-bond donors (Lipinski definition) is 3. The minimum Gasteiger partial charge on any atom is -0.392 e. The molecule has 1 amide bonds. The molecule has 1 saturated heterocycles. The predicted molar refractivity (Wildman–Crippen MR) is 189 cm³/mol. The summed E-state index contributed by atoms with van der Waals surface area (Å²) >= 11 is 1.58. The quantitative estimate of drug-likeness (QED) is 0.0727. The van der Waals surface area contributed by atoms with Crippen molar-refractivity contribution in [3.63, 3.8) is 0 Å². The summed E-state index contributed by atoms with van der Waals surface area (Å²) in [5.41, 5.74) is 3.91. The van der Waals surface area contributed by atoms with Crippen LogP contribution in [-0.2, 0) is 27.4 Å². The predicted octanol–water partition coefficient (Wildman–Crippen LogP) is 8.98. The Morgan fingerprint density at radius 1 is 0.830 bits per heavy atom. The van der Waals surface area contributed by atoms with Gasteiger partial charge in [-0.2, -0.15) is 5.10 Å². The highest BCUT2D eigenvalue weighted by Crippen LogP contribution is 2.42. The zero-order valence-electron chi connectivity index (χ0n) is 28.5. The van der Waals surface area contributed by atoms with Gasteiger partial charge in [-0.15, -0.1) is 0 Å². The molecule has 0 aliphatic carbocycles. The molecule has 2 aromatic carbocycles. The Balaban J connectivity index is 1.18. The third kappa shape index (κ3) is 13.0. The summed E-state index contributed by atoms with van der Waals surface area (Å²) in [4.78, 5) is 16.7. The fourth-order valence-electron chi connectivity index (χ4n) is 6.12. The van der Waals surface area contributed by atoms with E-state index in [0.717, 1.165) is 40.3 Å². The van der Waals surface area contributed by atoms with Crippen molar-refractivity contribution in [3.05, 3.63) is 77.1 Å². The highest BCUT2D eigenvalue weighted by molar-refractivity contribution is 7.99. The summed E-state index contributed by atoms with van der Waals surface area (Å²) < 4.78 is 13.1. The molecule has 3 N–H and O–H groups in total.